The summed E-state index contributed by atoms with van der Waals surface area (Å²) in [5.74, 6) is 1.26. The zero-order valence-corrected chi connectivity index (χ0v) is 11.3. The molecule has 0 bridgehead atoms. The Morgan fingerprint density at radius 3 is 2.42 bits per heavy atom. The van der Waals surface area contributed by atoms with Crippen LogP contribution >= 0.6 is 0 Å². The molecule has 0 aliphatic rings. The second kappa shape index (κ2) is 5.75. The number of nitrogens with zero attached hydrogens (tertiary/aromatic N) is 1. The summed E-state index contributed by atoms with van der Waals surface area (Å²) >= 11 is 0. The number of carbonyl (C=O) groups is 1. The lowest BCUT2D eigenvalue weighted by atomic mass is 10.1. The van der Waals surface area contributed by atoms with Gasteiger partial charge in [0.1, 0.15) is 0 Å². The van der Waals surface area contributed by atoms with Crippen molar-refractivity contribution in [3.8, 4) is 11.5 Å². The van der Waals surface area contributed by atoms with Gasteiger partial charge in [0.05, 0.1) is 26.3 Å². The van der Waals surface area contributed by atoms with E-state index in [0.717, 1.165) is 17.2 Å². The quantitative estimate of drug-likeness (QED) is 0.749. The topological polar surface area (TPSA) is 49.7 Å². The number of hydrogen-bond donors (Lipinski definition) is 0. The van der Waals surface area contributed by atoms with Crippen LogP contribution < -0.4 is 9.47 Å². The molecule has 0 aliphatic heterocycles. The van der Waals surface area contributed by atoms with Crippen LogP contribution in [0.25, 0.3) is 10.9 Å². The fraction of sp³-hybridized carbons (Fsp3) is 0.357. The van der Waals surface area contributed by atoms with E-state index in [0.29, 0.717) is 30.2 Å². The molecule has 0 aliphatic carbocycles. The Balaban J connectivity index is 2.61. The van der Waals surface area contributed by atoms with Crippen LogP contribution in [0.2, 0.25) is 0 Å². The SMILES string of the molecule is COCCn1cc(C=O)c2cc(OC)c(OC)cc21. The van der Waals surface area contributed by atoms with Gasteiger partial charge in [-0.05, 0) is 6.07 Å². The van der Waals surface area contributed by atoms with Crippen LogP contribution in [0, 0.1) is 0 Å². The van der Waals surface area contributed by atoms with Gasteiger partial charge in [-0.25, -0.2) is 0 Å². The number of fused-ring (bicyclic) bond motifs is 1. The van der Waals surface area contributed by atoms with Gasteiger partial charge in [-0.2, -0.15) is 0 Å². The molecule has 0 saturated carbocycles. The van der Waals surface area contributed by atoms with Gasteiger partial charge in [-0.1, -0.05) is 0 Å². The minimum Gasteiger partial charge on any atom is -0.493 e. The Morgan fingerprint density at radius 2 is 1.84 bits per heavy atom. The second-order valence-electron chi connectivity index (χ2n) is 4.11. The summed E-state index contributed by atoms with van der Waals surface area (Å²) in [6.07, 6.45) is 2.66. The van der Waals surface area contributed by atoms with Crippen LogP contribution in [-0.4, -0.2) is 38.8 Å². The zero-order chi connectivity index (χ0) is 13.8. The van der Waals surface area contributed by atoms with Crippen molar-refractivity contribution in [2.75, 3.05) is 27.9 Å². The van der Waals surface area contributed by atoms with E-state index in [2.05, 4.69) is 0 Å². The smallest absolute Gasteiger partial charge is 0.162 e. The summed E-state index contributed by atoms with van der Waals surface area (Å²) in [5, 5.41) is 0.851. The van der Waals surface area contributed by atoms with Crippen molar-refractivity contribution in [1.29, 1.82) is 0 Å². The summed E-state index contributed by atoms with van der Waals surface area (Å²) < 4.78 is 17.6. The second-order valence-corrected chi connectivity index (χ2v) is 4.11. The lowest BCUT2D eigenvalue weighted by Gasteiger charge is -2.09. The third kappa shape index (κ3) is 2.42. The first-order chi connectivity index (χ1) is 9.24. The molecule has 0 atom stereocenters. The van der Waals surface area contributed by atoms with E-state index in [1.807, 2.05) is 22.9 Å². The van der Waals surface area contributed by atoms with Crippen LogP contribution in [0.3, 0.4) is 0 Å². The van der Waals surface area contributed by atoms with E-state index in [4.69, 9.17) is 14.2 Å². The molecule has 1 aromatic carbocycles. The lowest BCUT2D eigenvalue weighted by molar-refractivity contribution is 0.112. The van der Waals surface area contributed by atoms with Crippen molar-refractivity contribution in [2.24, 2.45) is 0 Å². The number of carbonyl (C=O) groups excluding carboxylic acids is 1. The van der Waals surface area contributed by atoms with Crippen LogP contribution in [0.1, 0.15) is 10.4 Å². The third-order valence-electron chi connectivity index (χ3n) is 3.08. The Labute approximate surface area is 111 Å². The lowest BCUT2D eigenvalue weighted by Crippen LogP contribution is -2.02. The normalized spacial score (nSPS) is 10.7. The monoisotopic (exact) mass is 263 g/mol. The van der Waals surface area contributed by atoms with Gasteiger partial charge in [0.15, 0.2) is 17.8 Å². The minimum atomic E-state index is 0.580. The van der Waals surface area contributed by atoms with E-state index in [1.165, 1.54) is 0 Å². The predicted octanol–water partition coefficient (Wildman–Crippen LogP) is 2.12. The van der Waals surface area contributed by atoms with Crippen LogP contribution in [0.5, 0.6) is 11.5 Å². The van der Waals surface area contributed by atoms with Crippen LogP contribution in [0.15, 0.2) is 18.3 Å². The molecule has 0 spiro atoms. The molecule has 1 heterocycles. The van der Waals surface area contributed by atoms with Crippen molar-refractivity contribution in [3.05, 3.63) is 23.9 Å². The number of methoxy groups -OCH3 is 3. The Morgan fingerprint density at radius 1 is 1.16 bits per heavy atom. The van der Waals surface area contributed by atoms with Crippen molar-refractivity contribution >= 4 is 17.2 Å². The molecular formula is C14H17NO4. The highest BCUT2D eigenvalue weighted by molar-refractivity contribution is 5.99. The molecule has 2 rings (SSSR count). The number of benzene rings is 1. The molecule has 0 unspecified atom stereocenters. The molecule has 5 heteroatoms. The summed E-state index contributed by atoms with van der Waals surface area (Å²) in [6.45, 7) is 1.26. The molecule has 0 saturated heterocycles. The van der Waals surface area contributed by atoms with Crippen molar-refractivity contribution in [3.63, 3.8) is 0 Å². The van der Waals surface area contributed by atoms with E-state index in [9.17, 15) is 4.79 Å². The molecule has 19 heavy (non-hydrogen) atoms. The first-order valence-electron chi connectivity index (χ1n) is 5.94. The van der Waals surface area contributed by atoms with Gasteiger partial charge < -0.3 is 18.8 Å². The predicted molar refractivity (Wildman–Crippen MR) is 72.3 cm³/mol. The molecule has 0 N–H and O–H groups in total. The number of aromatic nitrogens is 1. The van der Waals surface area contributed by atoms with Gasteiger partial charge in [0.25, 0.3) is 0 Å². The van der Waals surface area contributed by atoms with Crippen molar-refractivity contribution in [1.82, 2.24) is 4.57 Å². The Kier molecular flexibility index (Phi) is 4.06. The summed E-state index contributed by atoms with van der Waals surface area (Å²) in [5.41, 5.74) is 1.56. The fourth-order valence-corrected chi connectivity index (χ4v) is 2.11. The van der Waals surface area contributed by atoms with E-state index in [1.54, 1.807) is 21.3 Å². The molecule has 0 amide bonds. The average molecular weight is 263 g/mol. The van der Waals surface area contributed by atoms with Crippen molar-refractivity contribution in [2.45, 2.75) is 6.54 Å². The first-order valence-corrected chi connectivity index (χ1v) is 5.94. The Hall–Kier alpha value is -2.01. The molecule has 5 nitrogen and oxygen atoms in total. The van der Waals surface area contributed by atoms with E-state index in [-0.39, 0.29) is 0 Å². The number of aldehydes is 1. The number of rotatable bonds is 6. The third-order valence-corrected chi connectivity index (χ3v) is 3.08. The molecule has 0 radical (unpaired) electrons. The van der Waals surface area contributed by atoms with Gasteiger partial charge in [0.2, 0.25) is 0 Å². The standard InChI is InChI=1S/C14H17NO4/c1-17-5-4-15-8-10(9-16)11-6-13(18-2)14(19-3)7-12(11)15/h6-9H,4-5H2,1-3H3. The fourth-order valence-electron chi connectivity index (χ4n) is 2.11. The van der Waals surface area contributed by atoms with E-state index < -0.39 is 0 Å². The summed E-state index contributed by atoms with van der Waals surface area (Å²) in [6, 6.07) is 3.69. The molecular weight excluding hydrogens is 246 g/mol. The minimum absolute atomic E-state index is 0.580. The van der Waals surface area contributed by atoms with Crippen LogP contribution in [-0.2, 0) is 11.3 Å². The average Bonchev–Trinajstić information content (AvgIpc) is 2.80. The van der Waals surface area contributed by atoms with Gasteiger partial charge in [0, 0.05) is 36.9 Å². The summed E-state index contributed by atoms with van der Waals surface area (Å²) in [7, 11) is 4.81. The Bertz CT molecular complexity index is 589. The maximum absolute atomic E-state index is 11.1. The molecule has 1 aromatic heterocycles. The molecule has 2 aromatic rings. The maximum atomic E-state index is 11.1. The highest BCUT2D eigenvalue weighted by Gasteiger charge is 2.13. The highest BCUT2D eigenvalue weighted by Crippen LogP contribution is 2.34. The first kappa shape index (κ1) is 13.4. The maximum Gasteiger partial charge on any atom is 0.162 e. The van der Waals surface area contributed by atoms with Gasteiger partial charge >= 0.3 is 0 Å². The zero-order valence-electron chi connectivity index (χ0n) is 11.3. The molecule has 0 fully saturated rings. The highest BCUT2D eigenvalue weighted by atomic mass is 16.5. The van der Waals surface area contributed by atoms with Crippen molar-refractivity contribution < 1.29 is 19.0 Å². The van der Waals surface area contributed by atoms with Gasteiger partial charge in [-0.15, -0.1) is 0 Å². The summed E-state index contributed by atoms with van der Waals surface area (Å²) in [4.78, 5) is 11.1. The molecule has 102 valence electrons. The number of hydrogen-bond acceptors (Lipinski definition) is 4. The van der Waals surface area contributed by atoms with Gasteiger partial charge in [-0.3, -0.25) is 4.79 Å². The largest absolute Gasteiger partial charge is 0.493 e. The van der Waals surface area contributed by atoms with Crippen LogP contribution in [0.4, 0.5) is 0 Å². The van der Waals surface area contributed by atoms with E-state index >= 15 is 0 Å². The number of ether oxygens (including phenoxy) is 3.